The van der Waals surface area contributed by atoms with Gasteiger partial charge in [-0.15, -0.1) is 0 Å². The van der Waals surface area contributed by atoms with Gasteiger partial charge in [-0.3, -0.25) is 4.90 Å². The second-order valence-electron chi connectivity index (χ2n) is 5.97. The molecule has 7 nitrogen and oxygen atoms in total. The number of nitrogens with zero attached hydrogens (tertiary/aromatic N) is 1. The zero-order chi connectivity index (χ0) is 18.4. The minimum atomic E-state index is -0.411. The molecule has 2 amide bonds. The van der Waals surface area contributed by atoms with Gasteiger partial charge in [0.05, 0.1) is 25.8 Å². The van der Waals surface area contributed by atoms with Crippen LogP contribution >= 0.6 is 0 Å². The van der Waals surface area contributed by atoms with E-state index in [1.165, 1.54) is 0 Å². The number of carbonyl (C=O) groups excluding carboxylic acids is 2. The number of nitrogens with one attached hydrogen (secondary N) is 2. The maximum absolute atomic E-state index is 12.1. The van der Waals surface area contributed by atoms with Crippen LogP contribution < -0.4 is 15.4 Å². The van der Waals surface area contributed by atoms with Gasteiger partial charge in [0, 0.05) is 24.4 Å². The zero-order valence-corrected chi connectivity index (χ0v) is 15.1. The summed E-state index contributed by atoms with van der Waals surface area (Å²) in [6.45, 7) is 5.27. The molecule has 0 aromatic heterocycles. The van der Waals surface area contributed by atoms with Crippen molar-refractivity contribution in [3.05, 3.63) is 40.6 Å². The smallest absolute Gasteiger partial charge is 0.337 e. The highest BCUT2D eigenvalue weighted by atomic mass is 16.5. The summed E-state index contributed by atoms with van der Waals surface area (Å²) >= 11 is 0. The van der Waals surface area contributed by atoms with Crippen LogP contribution in [0.15, 0.2) is 29.5 Å². The van der Waals surface area contributed by atoms with Crippen molar-refractivity contribution < 1.29 is 19.1 Å². The van der Waals surface area contributed by atoms with Crippen LogP contribution in [0.1, 0.15) is 18.1 Å². The highest BCUT2D eigenvalue weighted by Gasteiger charge is 2.24. The predicted octanol–water partition coefficient (Wildman–Crippen LogP) is 1.57. The van der Waals surface area contributed by atoms with E-state index in [4.69, 9.17) is 9.47 Å². The maximum atomic E-state index is 12.1. The molecular formula is C18H25N3O4. The first-order valence-corrected chi connectivity index (χ1v) is 8.20. The topological polar surface area (TPSA) is 79.9 Å². The Morgan fingerprint density at radius 3 is 2.76 bits per heavy atom. The first kappa shape index (κ1) is 18.8. The number of esters is 1. The number of urea groups is 1. The van der Waals surface area contributed by atoms with Crippen molar-refractivity contribution >= 4 is 12.0 Å². The first-order chi connectivity index (χ1) is 11.9. The summed E-state index contributed by atoms with van der Waals surface area (Å²) < 4.78 is 10.5. The standard InChI is InChI=1S/C18H25N3O4/c1-5-25-17(22)14-9-19-18(23)20-15(14)11-21(3)10-13-8-12(2)6-7-16(13)24-4/h6-8H,5,9-11H2,1-4H3,(H2,19,20,23). The molecule has 0 saturated carbocycles. The fraction of sp³-hybridized carbons (Fsp3) is 0.444. The number of carbonyl (C=O) groups is 2. The Labute approximate surface area is 148 Å². The molecule has 1 heterocycles. The second-order valence-corrected chi connectivity index (χ2v) is 5.97. The molecule has 0 radical (unpaired) electrons. The van der Waals surface area contributed by atoms with Crippen LogP contribution in [0.3, 0.4) is 0 Å². The molecule has 2 N–H and O–H groups in total. The molecule has 1 aliphatic rings. The average Bonchev–Trinajstić information content (AvgIpc) is 2.55. The molecule has 0 aliphatic carbocycles. The van der Waals surface area contributed by atoms with Crippen LogP contribution in [0.25, 0.3) is 0 Å². The number of ether oxygens (including phenoxy) is 2. The Bertz CT molecular complexity index is 685. The van der Waals surface area contributed by atoms with Crippen molar-refractivity contribution in [3.8, 4) is 5.75 Å². The van der Waals surface area contributed by atoms with Crippen molar-refractivity contribution in [1.82, 2.24) is 15.5 Å². The molecular weight excluding hydrogens is 322 g/mol. The molecule has 0 atom stereocenters. The number of hydrogen-bond acceptors (Lipinski definition) is 5. The summed E-state index contributed by atoms with van der Waals surface area (Å²) in [5.74, 6) is 0.401. The number of methoxy groups -OCH3 is 1. The molecule has 1 aromatic carbocycles. The average molecular weight is 347 g/mol. The number of likely N-dealkylation sites (N-methyl/N-ethyl adjacent to an activating group) is 1. The van der Waals surface area contributed by atoms with E-state index in [-0.39, 0.29) is 12.6 Å². The number of aryl methyl sites for hydroxylation is 1. The quantitative estimate of drug-likeness (QED) is 0.732. The summed E-state index contributed by atoms with van der Waals surface area (Å²) in [5.41, 5.74) is 3.20. The van der Waals surface area contributed by atoms with E-state index in [0.29, 0.717) is 31.0 Å². The number of benzene rings is 1. The molecule has 2 rings (SSSR count). The van der Waals surface area contributed by atoms with E-state index < -0.39 is 5.97 Å². The van der Waals surface area contributed by atoms with Crippen LogP contribution in [0.2, 0.25) is 0 Å². The third kappa shape index (κ3) is 4.96. The summed E-state index contributed by atoms with van der Waals surface area (Å²) in [7, 11) is 3.56. The van der Waals surface area contributed by atoms with Gasteiger partial charge in [0.15, 0.2) is 0 Å². The summed E-state index contributed by atoms with van der Waals surface area (Å²) in [6, 6.07) is 5.69. The van der Waals surface area contributed by atoms with Gasteiger partial charge in [-0.05, 0) is 27.0 Å². The van der Waals surface area contributed by atoms with Crippen LogP contribution in [0.5, 0.6) is 5.75 Å². The summed E-state index contributed by atoms with van der Waals surface area (Å²) in [6.07, 6.45) is 0. The van der Waals surface area contributed by atoms with E-state index >= 15 is 0 Å². The molecule has 136 valence electrons. The van der Waals surface area contributed by atoms with Crippen molar-refractivity contribution in [2.45, 2.75) is 20.4 Å². The van der Waals surface area contributed by atoms with Gasteiger partial charge >= 0.3 is 12.0 Å². The van der Waals surface area contributed by atoms with Gasteiger partial charge in [0.1, 0.15) is 5.75 Å². The van der Waals surface area contributed by atoms with Gasteiger partial charge in [-0.1, -0.05) is 17.7 Å². The Balaban J connectivity index is 2.16. The van der Waals surface area contributed by atoms with E-state index in [1.807, 2.05) is 31.0 Å². The van der Waals surface area contributed by atoms with Gasteiger partial charge in [0.25, 0.3) is 0 Å². The van der Waals surface area contributed by atoms with Crippen LogP contribution in [0, 0.1) is 6.92 Å². The normalized spacial score (nSPS) is 14.2. The fourth-order valence-corrected chi connectivity index (χ4v) is 2.73. The minimum absolute atomic E-state index is 0.168. The lowest BCUT2D eigenvalue weighted by atomic mass is 10.1. The molecule has 25 heavy (non-hydrogen) atoms. The molecule has 0 fully saturated rings. The van der Waals surface area contributed by atoms with Gasteiger partial charge < -0.3 is 20.1 Å². The lowest BCUT2D eigenvalue weighted by molar-refractivity contribution is -0.138. The minimum Gasteiger partial charge on any atom is -0.496 e. The second kappa shape index (κ2) is 8.53. The van der Waals surface area contributed by atoms with Crippen molar-refractivity contribution in [2.24, 2.45) is 0 Å². The first-order valence-electron chi connectivity index (χ1n) is 8.20. The highest BCUT2D eigenvalue weighted by molar-refractivity contribution is 5.93. The van der Waals surface area contributed by atoms with Crippen LogP contribution in [0.4, 0.5) is 4.79 Å². The largest absolute Gasteiger partial charge is 0.496 e. The predicted molar refractivity (Wildman–Crippen MR) is 94.3 cm³/mol. The summed E-state index contributed by atoms with van der Waals surface area (Å²) in [5, 5.41) is 5.32. The van der Waals surface area contributed by atoms with Crippen LogP contribution in [-0.2, 0) is 16.1 Å². The van der Waals surface area contributed by atoms with E-state index in [1.54, 1.807) is 14.0 Å². The molecule has 0 saturated heterocycles. The molecule has 1 aliphatic heterocycles. The molecule has 0 unspecified atom stereocenters. The Morgan fingerprint density at radius 1 is 1.32 bits per heavy atom. The van der Waals surface area contributed by atoms with Gasteiger partial charge in [0.2, 0.25) is 0 Å². The van der Waals surface area contributed by atoms with E-state index in [0.717, 1.165) is 16.9 Å². The van der Waals surface area contributed by atoms with Crippen LogP contribution in [-0.4, -0.2) is 50.8 Å². The number of hydrogen-bond donors (Lipinski definition) is 2. The fourth-order valence-electron chi connectivity index (χ4n) is 2.73. The van der Waals surface area contributed by atoms with E-state index in [2.05, 4.69) is 16.7 Å². The van der Waals surface area contributed by atoms with Gasteiger partial charge in [-0.2, -0.15) is 0 Å². The maximum Gasteiger partial charge on any atom is 0.337 e. The van der Waals surface area contributed by atoms with E-state index in [9.17, 15) is 9.59 Å². The highest BCUT2D eigenvalue weighted by Crippen LogP contribution is 2.21. The third-order valence-corrected chi connectivity index (χ3v) is 3.88. The monoisotopic (exact) mass is 347 g/mol. The number of amides is 2. The Morgan fingerprint density at radius 2 is 2.08 bits per heavy atom. The molecule has 1 aromatic rings. The zero-order valence-electron chi connectivity index (χ0n) is 15.1. The SMILES string of the molecule is CCOC(=O)C1=C(CN(C)Cc2cc(C)ccc2OC)NC(=O)NC1. The molecule has 0 spiro atoms. The lowest BCUT2D eigenvalue weighted by Crippen LogP contribution is -2.46. The number of rotatable bonds is 7. The Kier molecular flexibility index (Phi) is 6.41. The molecule has 7 heteroatoms. The van der Waals surface area contributed by atoms with Gasteiger partial charge in [-0.25, -0.2) is 9.59 Å². The lowest BCUT2D eigenvalue weighted by Gasteiger charge is -2.25. The summed E-state index contributed by atoms with van der Waals surface area (Å²) in [4.78, 5) is 25.7. The third-order valence-electron chi connectivity index (χ3n) is 3.88. The van der Waals surface area contributed by atoms with Crippen molar-refractivity contribution in [1.29, 1.82) is 0 Å². The van der Waals surface area contributed by atoms with Crippen molar-refractivity contribution in [3.63, 3.8) is 0 Å². The van der Waals surface area contributed by atoms with Crippen molar-refractivity contribution in [2.75, 3.05) is 33.9 Å². The Hall–Kier alpha value is -2.54. The molecule has 0 bridgehead atoms.